The number of amides is 1. The van der Waals surface area contributed by atoms with Crippen LogP contribution >= 0.6 is 11.3 Å². The molecule has 1 aliphatic heterocycles. The van der Waals surface area contributed by atoms with Crippen molar-refractivity contribution in [3.8, 4) is 0 Å². The van der Waals surface area contributed by atoms with Crippen molar-refractivity contribution in [1.29, 1.82) is 0 Å². The maximum Gasteiger partial charge on any atom is 0.271 e. The molecule has 0 bridgehead atoms. The van der Waals surface area contributed by atoms with Gasteiger partial charge in [0.15, 0.2) is 0 Å². The minimum absolute atomic E-state index is 0.0668. The molecule has 2 aromatic rings. The van der Waals surface area contributed by atoms with E-state index in [0.29, 0.717) is 11.6 Å². The van der Waals surface area contributed by atoms with Crippen molar-refractivity contribution in [3.63, 3.8) is 0 Å². The average Bonchev–Trinajstić information content (AvgIpc) is 3.06. The molecule has 1 amide bonds. The number of carbonyl (C=O) groups is 1. The van der Waals surface area contributed by atoms with Crippen molar-refractivity contribution in [2.24, 2.45) is 0 Å². The van der Waals surface area contributed by atoms with Gasteiger partial charge in [-0.25, -0.2) is 13.8 Å². The van der Waals surface area contributed by atoms with Crippen LogP contribution in [0.25, 0.3) is 0 Å². The van der Waals surface area contributed by atoms with Gasteiger partial charge in [0.05, 0.1) is 5.01 Å². The second-order valence-corrected chi connectivity index (χ2v) is 6.40. The Kier molecular flexibility index (Phi) is 4.97. The Labute approximate surface area is 136 Å². The molecular weight excluding hydrogens is 320 g/mol. The molecule has 7 heteroatoms. The minimum Gasteiger partial charge on any atom is -0.346 e. The van der Waals surface area contributed by atoms with Gasteiger partial charge in [-0.1, -0.05) is 0 Å². The van der Waals surface area contributed by atoms with E-state index in [-0.39, 0.29) is 18.0 Å². The monoisotopic (exact) mass is 337 g/mol. The number of hydrogen-bond acceptors (Lipinski definition) is 4. The van der Waals surface area contributed by atoms with E-state index >= 15 is 0 Å². The fraction of sp³-hybridized carbons (Fsp3) is 0.375. The number of benzene rings is 1. The van der Waals surface area contributed by atoms with E-state index in [0.717, 1.165) is 49.1 Å². The molecule has 0 radical (unpaired) electrons. The molecule has 0 aliphatic carbocycles. The molecule has 1 aromatic carbocycles. The number of halogens is 2. The maximum atomic E-state index is 13.5. The van der Waals surface area contributed by atoms with Gasteiger partial charge < -0.3 is 10.6 Å². The zero-order valence-electron chi connectivity index (χ0n) is 12.4. The van der Waals surface area contributed by atoms with Gasteiger partial charge in [-0.2, -0.15) is 0 Å². The first kappa shape index (κ1) is 16.0. The molecular formula is C16H17F2N3OS. The molecule has 2 N–H and O–H groups in total. The highest BCUT2D eigenvalue weighted by atomic mass is 32.1. The van der Waals surface area contributed by atoms with Gasteiger partial charge >= 0.3 is 0 Å². The maximum absolute atomic E-state index is 13.5. The van der Waals surface area contributed by atoms with Crippen molar-refractivity contribution >= 4 is 17.2 Å². The first-order chi connectivity index (χ1) is 11.1. The number of aromatic nitrogens is 1. The first-order valence-electron chi connectivity index (χ1n) is 7.52. The van der Waals surface area contributed by atoms with Crippen molar-refractivity contribution < 1.29 is 13.6 Å². The van der Waals surface area contributed by atoms with E-state index in [1.54, 1.807) is 5.38 Å². The Morgan fingerprint density at radius 1 is 1.35 bits per heavy atom. The summed E-state index contributed by atoms with van der Waals surface area (Å²) in [6.45, 7) is 1.86. The van der Waals surface area contributed by atoms with Crippen molar-refractivity contribution in [2.45, 2.75) is 25.3 Å². The normalized spacial score (nSPS) is 15.6. The van der Waals surface area contributed by atoms with Gasteiger partial charge in [0, 0.05) is 23.4 Å². The standard InChI is InChI=1S/C16H17F2N3OS/c17-12-1-2-13(18)11(7-12)8-20-15(22)14-9-23-16(21-14)10-3-5-19-6-4-10/h1-2,7,9-10,19H,3-6,8H2,(H,20,22). The molecule has 1 aromatic heterocycles. The molecule has 122 valence electrons. The van der Waals surface area contributed by atoms with Crippen LogP contribution in [-0.2, 0) is 6.54 Å². The SMILES string of the molecule is O=C(NCc1cc(F)ccc1F)c1csc(C2CCNCC2)n1. The summed E-state index contributed by atoms with van der Waals surface area (Å²) < 4.78 is 26.6. The number of rotatable bonds is 4. The van der Waals surface area contributed by atoms with Crippen LogP contribution in [0.1, 0.15) is 39.8 Å². The van der Waals surface area contributed by atoms with Crippen molar-refractivity contribution in [2.75, 3.05) is 13.1 Å². The molecule has 1 fully saturated rings. The first-order valence-corrected chi connectivity index (χ1v) is 8.39. The summed E-state index contributed by atoms with van der Waals surface area (Å²) in [5.74, 6) is -1.05. The van der Waals surface area contributed by atoms with Gasteiger partial charge in [-0.15, -0.1) is 11.3 Å². The fourth-order valence-electron chi connectivity index (χ4n) is 2.59. The summed E-state index contributed by atoms with van der Waals surface area (Å²) in [7, 11) is 0. The highest BCUT2D eigenvalue weighted by Gasteiger charge is 2.20. The number of nitrogens with zero attached hydrogens (tertiary/aromatic N) is 1. The summed E-state index contributed by atoms with van der Waals surface area (Å²) in [4.78, 5) is 16.5. The van der Waals surface area contributed by atoms with Crippen LogP contribution in [0.4, 0.5) is 8.78 Å². The largest absolute Gasteiger partial charge is 0.346 e. The smallest absolute Gasteiger partial charge is 0.271 e. The van der Waals surface area contributed by atoms with E-state index in [1.165, 1.54) is 11.3 Å². The van der Waals surface area contributed by atoms with E-state index in [2.05, 4.69) is 15.6 Å². The zero-order valence-corrected chi connectivity index (χ0v) is 13.3. The van der Waals surface area contributed by atoms with Crippen LogP contribution < -0.4 is 10.6 Å². The number of piperidine rings is 1. The van der Waals surface area contributed by atoms with Crippen LogP contribution in [0.15, 0.2) is 23.6 Å². The topological polar surface area (TPSA) is 54.0 Å². The molecule has 0 unspecified atom stereocenters. The lowest BCUT2D eigenvalue weighted by Gasteiger charge is -2.20. The van der Waals surface area contributed by atoms with E-state index in [4.69, 9.17) is 0 Å². The second-order valence-electron chi connectivity index (χ2n) is 5.51. The third-order valence-electron chi connectivity index (χ3n) is 3.89. The number of thiazole rings is 1. The van der Waals surface area contributed by atoms with Crippen LogP contribution in [0.3, 0.4) is 0 Å². The lowest BCUT2D eigenvalue weighted by molar-refractivity contribution is 0.0946. The predicted octanol–water partition coefficient (Wildman–Crippen LogP) is 2.82. The average molecular weight is 337 g/mol. The highest BCUT2D eigenvalue weighted by Crippen LogP contribution is 2.27. The van der Waals surface area contributed by atoms with Gasteiger partial charge in [-0.3, -0.25) is 4.79 Å². The molecule has 1 saturated heterocycles. The van der Waals surface area contributed by atoms with Crippen LogP contribution in [-0.4, -0.2) is 24.0 Å². The van der Waals surface area contributed by atoms with Gasteiger partial charge in [0.1, 0.15) is 17.3 Å². The molecule has 0 atom stereocenters. The third kappa shape index (κ3) is 3.92. The zero-order chi connectivity index (χ0) is 16.2. The second kappa shape index (κ2) is 7.14. The van der Waals surface area contributed by atoms with Crippen LogP contribution in [0.2, 0.25) is 0 Å². The molecule has 2 heterocycles. The van der Waals surface area contributed by atoms with E-state index < -0.39 is 11.6 Å². The highest BCUT2D eigenvalue weighted by molar-refractivity contribution is 7.09. The van der Waals surface area contributed by atoms with Crippen molar-refractivity contribution in [3.05, 3.63) is 51.5 Å². The Balaban J connectivity index is 1.62. The van der Waals surface area contributed by atoms with Gasteiger partial charge in [0.25, 0.3) is 5.91 Å². The van der Waals surface area contributed by atoms with Gasteiger partial charge in [0.2, 0.25) is 0 Å². The van der Waals surface area contributed by atoms with Crippen molar-refractivity contribution in [1.82, 2.24) is 15.6 Å². The molecule has 0 saturated carbocycles. The molecule has 4 nitrogen and oxygen atoms in total. The Morgan fingerprint density at radius 2 is 2.13 bits per heavy atom. The number of hydrogen-bond donors (Lipinski definition) is 2. The molecule has 1 aliphatic rings. The minimum atomic E-state index is -0.541. The Morgan fingerprint density at radius 3 is 2.91 bits per heavy atom. The quantitative estimate of drug-likeness (QED) is 0.902. The number of carbonyl (C=O) groups excluding carboxylic acids is 1. The summed E-state index contributed by atoms with van der Waals surface area (Å²) in [5.41, 5.74) is 0.451. The predicted molar refractivity (Wildman–Crippen MR) is 84.5 cm³/mol. The van der Waals surface area contributed by atoms with Crippen LogP contribution in [0.5, 0.6) is 0 Å². The van der Waals surface area contributed by atoms with E-state index in [1.807, 2.05) is 0 Å². The molecule has 3 rings (SSSR count). The summed E-state index contributed by atoms with van der Waals surface area (Å²) in [5, 5.41) is 8.56. The fourth-order valence-corrected chi connectivity index (χ4v) is 3.56. The molecule has 0 spiro atoms. The Hall–Kier alpha value is -1.86. The third-order valence-corrected chi connectivity index (χ3v) is 4.90. The van der Waals surface area contributed by atoms with Crippen LogP contribution in [0, 0.1) is 11.6 Å². The number of nitrogens with one attached hydrogen (secondary N) is 2. The lowest BCUT2D eigenvalue weighted by atomic mass is 9.99. The summed E-state index contributed by atoms with van der Waals surface area (Å²) in [6.07, 6.45) is 2.03. The van der Waals surface area contributed by atoms with Gasteiger partial charge in [-0.05, 0) is 44.1 Å². The van der Waals surface area contributed by atoms with E-state index in [9.17, 15) is 13.6 Å². The summed E-state index contributed by atoms with van der Waals surface area (Å²) >= 11 is 1.48. The Bertz CT molecular complexity index is 698. The lowest BCUT2D eigenvalue weighted by Crippen LogP contribution is -2.27. The molecule has 23 heavy (non-hydrogen) atoms. The summed E-state index contributed by atoms with van der Waals surface area (Å²) in [6, 6.07) is 3.18.